The van der Waals surface area contributed by atoms with Crippen LogP contribution < -0.4 is 5.56 Å². The number of hydrogen-bond donors (Lipinski definition) is 1. The van der Waals surface area contributed by atoms with Gasteiger partial charge in [-0.3, -0.25) is 19.1 Å². The van der Waals surface area contributed by atoms with Crippen molar-refractivity contribution in [3.05, 3.63) is 45.4 Å². The van der Waals surface area contributed by atoms with Crippen LogP contribution in [0, 0.1) is 6.92 Å². The molecule has 0 bridgehead atoms. The second-order valence-corrected chi connectivity index (χ2v) is 8.11. The third-order valence-electron chi connectivity index (χ3n) is 6.14. The van der Waals surface area contributed by atoms with Crippen LogP contribution in [0.4, 0.5) is 0 Å². The van der Waals surface area contributed by atoms with Crippen LogP contribution in [0.2, 0.25) is 0 Å². The number of amides is 2. The number of aryl methyl sites for hydroxylation is 2. The highest BCUT2D eigenvalue weighted by atomic mass is 16.2. The molecule has 2 aromatic heterocycles. The standard InChI is InChI=1S/C21H28N6O3/c1-14-6-9-22-27(14)12-8-19(29)26-10-4-3-5-18(26)20-23-17-13-25(15(2)28)11-7-16(17)21(30)24-20/h6,9,18H,3-5,7-8,10-13H2,1-2H3,(H,23,24,30)/t18-/m1/s1. The second-order valence-electron chi connectivity index (χ2n) is 8.11. The van der Waals surface area contributed by atoms with E-state index in [0.29, 0.717) is 56.1 Å². The second kappa shape index (κ2) is 8.41. The molecule has 1 fully saturated rings. The third-order valence-corrected chi connectivity index (χ3v) is 6.14. The summed E-state index contributed by atoms with van der Waals surface area (Å²) in [6.45, 7) is 5.56. The van der Waals surface area contributed by atoms with Crippen molar-refractivity contribution in [3.63, 3.8) is 0 Å². The highest BCUT2D eigenvalue weighted by molar-refractivity contribution is 5.76. The summed E-state index contributed by atoms with van der Waals surface area (Å²) in [6.07, 6.45) is 5.28. The quantitative estimate of drug-likeness (QED) is 0.816. The average Bonchev–Trinajstić information content (AvgIpc) is 3.16. The van der Waals surface area contributed by atoms with Gasteiger partial charge >= 0.3 is 0 Å². The van der Waals surface area contributed by atoms with E-state index in [9.17, 15) is 14.4 Å². The van der Waals surface area contributed by atoms with Gasteiger partial charge in [0.1, 0.15) is 5.82 Å². The lowest BCUT2D eigenvalue weighted by Crippen LogP contribution is -2.42. The van der Waals surface area contributed by atoms with E-state index in [1.54, 1.807) is 11.1 Å². The number of nitrogens with zero attached hydrogens (tertiary/aromatic N) is 5. The fraction of sp³-hybridized carbons (Fsp3) is 0.571. The predicted molar refractivity (Wildman–Crippen MR) is 110 cm³/mol. The van der Waals surface area contributed by atoms with Crippen molar-refractivity contribution >= 4 is 11.8 Å². The molecule has 0 spiro atoms. The molecule has 1 saturated heterocycles. The van der Waals surface area contributed by atoms with E-state index < -0.39 is 0 Å². The largest absolute Gasteiger partial charge is 0.337 e. The van der Waals surface area contributed by atoms with Gasteiger partial charge in [0.25, 0.3) is 5.56 Å². The zero-order chi connectivity index (χ0) is 21.3. The lowest BCUT2D eigenvalue weighted by atomic mass is 9.99. The Hall–Kier alpha value is -2.97. The van der Waals surface area contributed by atoms with Gasteiger partial charge < -0.3 is 14.8 Å². The normalized spacial score (nSPS) is 18.9. The predicted octanol–water partition coefficient (Wildman–Crippen LogP) is 1.32. The lowest BCUT2D eigenvalue weighted by Gasteiger charge is -2.36. The smallest absolute Gasteiger partial charge is 0.254 e. The number of hydrogen-bond acceptors (Lipinski definition) is 5. The van der Waals surface area contributed by atoms with Crippen LogP contribution >= 0.6 is 0 Å². The van der Waals surface area contributed by atoms with Crippen LogP contribution in [-0.2, 0) is 29.1 Å². The zero-order valence-electron chi connectivity index (χ0n) is 17.6. The van der Waals surface area contributed by atoms with E-state index in [0.717, 1.165) is 25.0 Å². The molecule has 2 aliphatic rings. The summed E-state index contributed by atoms with van der Waals surface area (Å²) in [4.78, 5) is 48.7. The first-order valence-corrected chi connectivity index (χ1v) is 10.6. The molecule has 1 N–H and O–H groups in total. The molecule has 0 saturated carbocycles. The molecular weight excluding hydrogens is 384 g/mol. The molecule has 9 nitrogen and oxygen atoms in total. The first-order valence-electron chi connectivity index (χ1n) is 10.6. The monoisotopic (exact) mass is 412 g/mol. The van der Waals surface area contributed by atoms with Gasteiger partial charge in [0.2, 0.25) is 11.8 Å². The summed E-state index contributed by atoms with van der Waals surface area (Å²) in [7, 11) is 0. The fourth-order valence-corrected chi connectivity index (χ4v) is 4.38. The van der Waals surface area contributed by atoms with E-state index in [2.05, 4.69) is 10.1 Å². The number of carbonyl (C=O) groups is 2. The molecular formula is C21H28N6O3. The van der Waals surface area contributed by atoms with Crippen LogP contribution in [0.1, 0.15) is 61.4 Å². The molecule has 2 aromatic rings. The number of aromatic amines is 1. The number of H-pyrrole nitrogens is 1. The van der Waals surface area contributed by atoms with E-state index in [1.165, 1.54) is 6.92 Å². The number of carbonyl (C=O) groups excluding carboxylic acids is 2. The topological polar surface area (TPSA) is 104 Å². The average molecular weight is 412 g/mol. The molecule has 1 atom stereocenters. The molecule has 0 aliphatic carbocycles. The molecule has 2 aliphatic heterocycles. The number of aromatic nitrogens is 4. The summed E-state index contributed by atoms with van der Waals surface area (Å²) >= 11 is 0. The van der Waals surface area contributed by atoms with Gasteiger partial charge in [0.05, 0.1) is 18.3 Å². The van der Waals surface area contributed by atoms with Gasteiger partial charge in [-0.2, -0.15) is 5.10 Å². The summed E-state index contributed by atoms with van der Waals surface area (Å²) in [5.74, 6) is 0.556. The number of rotatable bonds is 4. The summed E-state index contributed by atoms with van der Waals surface area (Å²) in [5, 5.41) is 4.25. The first-order chi connectivity index (χ1) is 14.4. The Bertz CT molecular complexity index is 1010. The highest BCUT2D eigenvalue weighted by Gasteiger charge is 2.31. The van der Waals surface area contributed by atoms with Crippen LogP contribution in [-0.4, -0.2) is 54.5 Å². The van der Waals surface area contributed by atoms with E-state index in [4.69, 9.17) is 4.98 Å². The van der Waals surface area contributed by atoms with Gasteiger partial charge in [0.15, 0.2) is 0 Å². The molecule has 4 rings (SSSR count). The van der Waals surface area contributed by atoms with Crippen LogP contribution in [0.15, 0.2) is 17.1 Å². The minimum Gasteiger partial charge on any atom is -0.337 e. The highest BCUT2D eigenvalue weighted by Crippen LogP contribution is 2.30. The Morgan fingerprint density at radius 1 is 1.27 bits per heavy atom. The summed E-state index contributed by atoms with van der Waals surface area (Å²) in [6, 6.07) is 1.68. The lowest BCUT2D eigenvalue weighted by molar-refractivity contribution is -0.135. The Labute approximate surface area is 175 Å². The maximum atomic E-state index is 13.0. The Morgan fingerprint density at radius 2 is 2.10 bits per heavy atom. The maximum Gasteiger partial charge on any atom is 0.254 e. The van der Waals surface area contributed by atoms with Crippen molar-refractivity contribution in [1.82, 2.24) is 29.5 Å². The SMILES string of the molecule is CC(=O)N1CCc2c(nc([C@H]3CCCCN3C(=O)CCn3nccc3C)[nH]c2=O)C1. The van der Waals surface area contributed by atoms with Crippen LogP contribution in [0.3, 0.4) is 0 Å². The number of nitrogens with one attached hydrogen (secondary N) is 1. The van der Waals surface area contributed by atoms with Gasteiger partial charge in [-0.1, -0.05) is 0 Å². The summed E-state index contributed by atoms with van der Waals surface area (Å²) in [5.41, 5.74) is 2.18. The minimum atomic E-state index is -0.240. The van der Waals surface area contributed by atoms with Crippen molar-refractivity contribution in [2.24, 2.45) is 0 Å². The third kappa shape index (κ3) is 4.01. The van der Waals surface area contributed by atoms with Gasteiger partial charge in [0, 0.05) is 50.4 Å². The van der Waals surface area contributed by atoms with Crippen molar-refractivity contribution in [1.29, 1.82) is 0 Å². The Balaban J connectivity index is 1.55. The molecule has 0 radical (unpaired) electrons. The molecule has 160 valence electrons. The van der Waals surface area contributed by atoms with Crippen molar-refractivity contribution in [2.75, 3.05) is 13.1 Å². The van der Waals surface area contributed by atoms with Crippen molar-refractivity contribution in [2.45, 2.75) is 65.1 Å². The minimum absolute atomic E-state index is 0.0207. The number of piperidine rings is 1. The van der Waals surface area contributed by atoms with Crippen LogP contribution in [0.25, 0.3) is 0 Å². The van der Waals surface area contributed by atoms with E-state index >= 15 is 0 Å². The maximum absolute atomic E-state index is 13.0. The van der Waals surface area contributed by atoms with Crippen LogP contribution in [0.5, 0.6) is 0 Å². The van der Waals surface area contributed by atoms with Crippen molar-refractivity contribution in [3.8, 4) is 0 Å². The summed E-state index contributed by atoms with van der Waals surface area (Å²) < 4.78 is 1.83. The Morgan fingerprint density at radius 3 is 2.83 bits per heavy atom. The molecule has 30 heavy (non-hydrogen) atoms. The zero-order valence-corrected chi connectivity index (χ0v) is 17.6. The molecule has 2 amide bonds. The van der Waals surface area contributed by atoms with Crippen molar-refractivity contribution < 1.29 is 9.59 Å². The number of fused-ring (bicyclic) bond motifs is 1. The molecule has 9 heteroatoms. The van der Waals surface area contributed by atoms with Gasteiger partial charge in [-0.05, 0) is 38.7 Å². The fourth-order valence-electron chi connectivity index (χ4n) is 4.38. The van der Waals surface area contributed by atoms with E-state index in [1.807, 2.05) is 22.6 Å². The Kier molecular flexibility index (Phi) is 5.69. The molecule has 0 unspecified atom stereocenters. The number of likely N-dealkylation sites (tertiary alicyclic amines) is 1. The molecule has 0 aromatic carbocycles. The van der Waals surface area contributed by atoms with E-state index in [-0.39, 0.29) is 23.4 Å². The molecule has 4 heterocycles. The van der Waals surface area contributed by atoms with Gasteiger partial charge in [-0.15, -0.1) is 0 Å². The first kappa shape index (κ1) is 20.3. The van der Waals surface area contributed by atoms with Gasteiger partial charge in [-0.25, -0.2) is 4.98 Å².